The summed E-state index contributed by atoms with van der Waals surface area (Å²) in [6, 6.07) is 29.0. The van der Waals surface area contributed by atoms with Crippen molar-refractivity contribution in [3.63, 3.8) is 0 Å². The molecule has 0 bridgehead atoms. The Bertz CT molecular complexity index is 1280. The Labute approximate surface area is 179 Å². The van der Waals surface area contributed by atoms with Crippen LogP contribution in [-0.4, -0.2) is 27.5 Å². The molecular weight excluding hydrogens is 386 g/mol. The highest BCUT2D eigenvalue weighted by atomic mass is 16.5. The maximum Gasteiger partial charge on any atom is 0.173 e. The monoisotopic (exact) mass is 407 g/mol. The van der Waals surface area contributed by atoms with Crippen molar-refractivity contribution >= 4 is 11.6 Å². The summed E-state index contributed by atoms with van der Waals surface area (Å²) in [5.74, 6) is 2.33. The maximum atomic E-state index is 5.32. The summed E-state index contributed by atoms with van der Waals surface area (Å²) in [6.45, 7) is 0. The van der Waals surface area contributed by atoms with Crippen LogP contribution in [0.5, 0.6) is 5.75 Å². The molecule has 152 valence electrons. The van der Waals surface area contributed by atoms with Gasteiger partial charge in [-0.3, -0.25) is 0 Å². The fourth-order valence-electron chi connectivity index (χ4n) is 3.70. The first-order valence-corrected chi connectivity index (χ1v) is 9.97. The molecule has 0 atom stereocenters. The molecular formula is C25H21N5O. The number of methoxy groups -OCH3 is 1. The minimum atomic E-state index is 0.649. The van der Waals surface area contributed by atoms with Gasteiger partial charge in [0, 0.05) is 11.1 Å². The van der Waals surface area contributed by atoms with Crippen molar-refractivity contribution < 1.29 is 4.74 Å². The smallest absolute Gasteiger partial charge is 0.173 e. The van der Waals surface area contributed by atoms with Gasteiger partial charge in [0.05, 0.1) is 19.0 Å². The van der Waals surface area contributed by atoms with E-state index >= 15 is 0 Å². The quantitative estimate of drug-likeness (QED) is 0.328. The first-order chi connectivity index (χ1) is 15.3. The minimum Gasteiger partial charge on any atom is -0.497 e. The highest BCUT2D eigenvalue weighted by molar-refractivity contribution is 5.92. The van der Waals surface area contributed by atoms with Gasteiger partial charge in [0.15, 0.2) is 5.82 Å². The summed E-state index contributed by atoms with van der Waals surface area (Å²) < 4.78 is 5.32. The fraction of sp³-hybridized carbons (Fsp3) is 0.0400. The Kier molecular flexibility index (Phi) is 4.94. The number of ether oxygens (including phenoxy) is 1. The molecule has 2 heterocycles. The molecule has 0 saturated heterocycles. The highest BCUT2D eigenvalue weighted by Gasteiger charge is 2.16. The number of aromatic nitrogens is 4. The van der Waals surface area contributed by atoms with E-state index in [0.29, 0.717) is 5.82 Å². The molecule has 3 N–H and O–H groups in total. The van der Waals surface area contributed by atoms with Gasteiger partial charge in [0.2, 0.25) is 0 Å². The van der Waals surface area contributed by atoms with Crippen LogP contribution in [-0.2, 0) is 0 Å². The van der Waals surface area contributed by atoms with Crippen LogP contribution in [0.15, 0.2) is 91.1 Å². The van der Waals surface area contributed by atoms with Gasteiger partial charge in [-0.25, -0.2) is 0 Å². The third-order valence-corrected chi connectivity index (χ3v) is 5.18. The van der Waals surface area contributed by atoms with Crippen molar-refractivity contribution in [3.05, 3.63) is 91.1 Å². The van der Waals surface area contributed by atoms with Gasteiger partial charge >= 0.3 is 0 Å². The molecule has 0 aliphatic rings. The summed E-state index contributed by atoms with van der Waals surface area (Å²) in [5.41, 5.74) is 6.63. The van der Waals surface area contributed by atoms with Gasteiger partial charge in [-0.2, -0.15) is 10.3 Å². The van der Waals surface area contributed by atoms with Crippen LogP contribution in [0.3, 0.4) is 0 Å². The van der Waals surface area contributed by atoms with Crippen LogP contribution in [0.1, 0.15) is 0 Å². The van der Waals surface area contributed by atoms with E-state index in [0.717, 1.165) is 45.1 Å². The molecule has 0 aliphatic carbocycles. The number of nitrogens with zero attached hydrogens (tertiary/aromatic N) is 2. The first kappa shape index (κ1) is 18.7. The SMILES string of the molecule is COc1ccc(-c2ccccc2-c2[nH]c(Nc3cn[nH]n3)cc2-c2ccccc2)cc1. The standard InChI is InChI=1S/C25H21N5O/c1-31-19-13-11-18(12-14-19)20-9-5-6-10-21(20)25-22(17-7-3-2-4-8-17)15-23(28-25)27-24-16-26-30-29-24/h2-16,28H,1H3,(H2,26,27,29,30). The predicted molar refractivity (Wildman–Crippen MR) is 123 cm³/mol. The molecule has 5 aromatic rings. The molecule has 0 aliphatic heterocycles. The topological polar surface area (TPSA) is 78.6 Å². The zero-order valence-corrected chi connectivity index (χ0v) is 17.0. The van der Waals surface area contributed by atoms with Gasteiger partial charge in [0.25, 0.3) is 0 Å². The second kappa shape index (κ2) is 8.20. The number of aromatic amines is 2. The largest absolute Gasteiger partial charge is 0.497 e. The molecule has 0 fully saturated rings. The summed E-state index contributed by atoms with van der Waals surface area (Å²) in [4.78, 5) is 3.55. The zero-order valence-electron chi connectivity index (χ0n) is 17.0. The molecule has 3 aromatic carbocycles. The number of hydrogen-bond acceptors (Lipinski definition) is 4. The molecule has 0 unspecified atom stereocenters. The maximum absolute atomic E-state index is 5.32. The Balaban J connectivity index is 1.65. The normalized spacial score (nSPS) is 10.7. The lowest BCUT2D eigenvalue weighted by molar-refractivity contribution is 0.415. The van der Waals surface area contributed by atoms with Crippen LogP contribution >= 0.6 is 0 Å². The second-order valence-corrected chi connectivity index (χ2v) is 7.09. The number of nitrogens with one attached hydrogen (secondary N) is 3. The van der Waals surface area contributed by atoms with Crippen LogP contribution in [0.2, 0.25) is 0 Å². The number of H-pyrrole nitrogens is 2. The number of rotatable bonds is 6. The van der Waals surface area contributed by atoms with Crippen molar-refractivity contribution in [2.24, 2.45) is 0 Å². The lowest BCUT2D eigenvalue weighted by Crippen LogP contribution is -1.91. The van der Waals surface area contributed by atoms with E-state index in [4.69, 9.17) is 4.74 Å². The van der Waals surface area contributed by atoms with Gasteiger partial charge < -0.3 is 15.0 Å². The molecule has 0 radical (unpaired) electrons. The van der Waals surface area contributed by atoms with Crippen molar-refractivity contribution in [1.29, 1.82) is 0 Å². The van der Waals surface area contributed by atoms with Crippen molar-refractivity contribution in [1.82, 2.24) is 20.4 Å². The van der Waals surface area contributed by atoms with Crippen LogP contribution in [0, 0.1) is 0 Å². The van der Waals surface area contributed by atoms with Crippen molar-refractivity contribution in [3.8, 4) is 39.3 Å². The van der Waals surface area contributed by atoms with Crippen molar-refractivity contribution in [2.75, 3.05) is 12.4 Å². The average Bonchev–Trinajstić information content (AvgIpc) is 3.50. The van der Waals surface area contributed by atoms with Crippen molar-refractivity contribution in [2.45, 2.75) is 0 Å². The van der Waals surface area contributed by atoms with Gasteiger partial charge in [0.1, 0.15) is 11.6 Å². The fourth-order valence-corrected chi connectivity index (χ4v) is 3.70. The summed E-state index contributed by atoms with van der Waals surface area (Å²) >= 11 is 0. The number of anilines is 2. The molecule has 2 aromatic heterocycles. The Morgan fingerprint density at radius 3 is 2.19 bits per heavy atom. The van der Waals surface area contributed by atoms with E-state index in [1.54, 1.807) is 13.3 Å². The second-order valence-electron chi connectivity index (χ2n) is 7.09. The van der Waals surface area contributed by atoms with E-state index in [1.807, 2.05) is 30.3 Å². The number of benzene rings is 3. The molecule has 31 heavy (non-hydrogen) atoms. The molecule has 5 rings (SSSR count). The van der Waals surface area contributed by atoms with Gasteiger partial charge in [-0.15, -0.1) is 5.10 Å². The van der Waals surface area contributed by atoms with E-state index in [9.17, 15) is 0 Å². The van der Waals surface area contributed by atoms with Gasteiger partial charge in [-0.1, -0.05) is 66.7 Å². The molecule has 0 amide bonds. The van der Waals surface area contributed by atoms with Crippen LogP contribution in [0.25, 0.3) is 33.5 Å². The Hall–Kier alpha value is -4.32. The predicted octanol–water partition coefficient (Wildman–Crippen LogP) is 5.89. The van der Waals surface area contributed by atoms with E-state index in [2.05, 4.69) is 80.3 Å². The van der Waals surface area contributed by atoms with Gasteiger partial charge in [-0.05, 0) is 34.9 Å². The third kappa shape index (κ3) is 3.79. The summed E-state index contributed by atoms with van der Waals surface area (Å²) in [7, 11) is 1.68. The number of hydrogen-bond donors (Lipinski definition) is 3. The average molecular weight is 407 g/mol. The minimum absolute atomic E-state index is 0.649. The van der Waals surface area contributed by atoms with Crippen LogP contribution in [0.4, 0.5) is 11.6 Å². The zero-order chi connectivity index (χ0) is 21.0. The summed E-state index contributed by atoms with van der Waals surface area (Å²) in [6.07, 6.45) is 1.65. The first-order valence-electron chi connectivity index (χ1n) is 9.97. The van der Waals surface area contributed by atoms with E-state index in [-0.39, 0.29) is 0 Å². The molecule has 6 nitrogen and oxygen atoms in total. The molecule has 0 saturated carbocycles. The van der Waals surface area contributed by atoms with E-state index in [1.165, 1.54) is 0 Å². The Morgan fingerprint density at radius 2 is 1.48 bits per heavy atom. The molecule has 0 spiro atoms. The third-order valence-electron chi connectivity index (χ3n) is 5.18. The van der Waals surface area contributed by atoms with E-state index < -0.39 is 0 Å². The molecule has 6 heteroatoms. The lowest BCUT2D eigenvalue weighted by atomic mass is 9.94. The lowest BCUT2D eigenvalue weighted by Gasteiger charge is -2.12. The highest BCUT2D eigenvalue weighted by Crippen LogP contribution is 2.39. The summed E-state index contributed by atoms with van der Waals surface area (Å²) in [5, 5.41) is 13.9. The van der Waals surface area contributed by atoms with Crippen LogP contribution < -0.4 is 10.1 Å². The Morgan fingerprint density at radius 1 is 0.774 bits per heavy atom.